The van der Waals surface area contributed by atoms with Crippen LogP contribution >= 0.6 is 11.6 Å². The number of fused-ring (bicyclic) bond motifs is 1. The fourth-order valence-electron chi connectivity index (χ4n) is 1.76. The average Bonchev–Trinajstić information content (AvgIpc) is 2.50. The molecule has 1 aliphatic heterocycles. The van der Waals surface area contributed by atoms with Crippen LogP contribution in [0.2, 0.25) is 5.02 Å². The molecule has 5 heteroatoms. The standard InChI is InChI=1S/C12H14ClFO3/c1-7(15)5-8-6-9-12(10(13)11(8)14)17-4-2-3-16-9/h6-7,15H,2-5H2,1H3. The molecular weight excluding hydrogens is 247 g/mol. The van der Waals surface area contributed by atoms with Crippen LogP contribution in [0.25, 0.3) is 0 Å². The second kappa shape index (κ2) is 5.10. The maximum atomic E-state index is 13.9. The van der Waals surface area contributed by atoms with Crippen LogP contribution in [0.3, 0.4) is 0 Å². The van der Waals surface area contributed by atoms with Gasteiger partial charge < -0.3 is 14.6 Å². The number of rotatable bonds is 2. The Balaban J connectivity index is 2.43. The molecule has 0 radical (unpaired) electrons. The third kappa shape index (κ3) is 2.64. The fraction of sp³-hybridized carbons (Fsp3) is 0.500. The van der Waals surface area contributed by atoms with Crippen molar-refractivity contribution >= 4 is 11.6 Å². The number of hydrogen-bond donors (Lipinski definition) is 1. The van der Waals surface area contributed by atoms with Crippen molar-refractivity contribution in [2.75, 3.05) is 13.2 Å². The molecule has 0 saturated carbocycles. The lowest BCUT2D eigenvalue weighted by molar-refractivity contribution is 0.194. The highest BCUT2D eigenvalue weighted by atomic mass is 35.5. The van der Waals surface area contributed by atoms with Gasteiger partial charge in [-0.2, -0.15) is 0 Å². The maximum Gasteiger partial charge on any atom is 0.182 e. The van der Waals surface area contributed by atoms with Crippen molar-refractivity contribution in [2.24, 2.45) is 0 Å². The summed E-state index contributed by atoms with van der Waals surface area (Å²) in [5.41, 5.74) is 0.342. The Labute approximate surface area is 104 Å². The van der Waals surface area contributed by atoms with Crippen molar-refractivity contribution in [1.29, 1.82) is 0 Å². The first kappa shape index (κ1) is 12.5. The number of halogens is 2. The third-order valence-electron chi connectivity index (χ3n) is 2.51. The number of ether oxygens (including phenoxy) is 2. The van der Waals surface area contributed by atoms with E-state index in [0.29, 0.717) is 24.5 Å². The Kier molecular flexibility index (Phi) is 3.74. The van der Waals surface area contributed by atoms with Crippen LogP contribution < -0.4 is 9.47 Å². The van der Waals surface area contributed by atoms with E-state index in [-0.39, 0.29) is 17.2 Å². The monoisotopic (exact) mass is 260 g/mol. The maximum absolute atomic E-state index is 13.9. The van der Waals surface area contributed by atoms with Crippen LogP contribution in [-0.2, 0) is 6.42 Å². The second-order valence-electron chi connectivity index (χ2n) is 4.09. The quantitative estimate of drug-likeness (QED) is 0.888. The molecule has 0 bridgehead atoms. The van der Waals surface area contributed by atoms with Gasteiger partial charge in [0, 0.05) is 12.8 Å². The Morgan fingerprint density at radius 1 is 1.47 bits per heavy atom. The van der Waals surface area contributed by atoms with E-state index in [2.05, 4.69) is 0 Å². The molecule has 17 heavy (non-hydrogen) atoms. The minimum Gasteiger partial charge on any atom is -0.489 e. The van der Waals surface area contributed by atoms with Crippen molar-refractivity contribution in [3.63, 3.8) is 0 Å². The summed E-state index contributed by atoms with van der Waals surface area (Å²) in [7, 11) is 0. The van der Waals surface area contributed by atoms with E-state index in [0.717, 1.165) is 6.42 Å². The van der Waals surface area contributed by atoms with E-state index < -0.39 is 11.9 Å². The molecular formula is C12H14ClFO3. The van der Waals surface area contributed by atoms with E-state index in [4.69, 9.17) is 21.1 Å². The van der Waals surface area contributed by atoms with Gasteiger partial charge in [0.25, 0.3) is 0 Å². The van der Waals surface area contributed by atoms with Crippen LogP contribution in [0.1, 0.15) is 18.9 Å². The number of hydrogen-bond acceptors (Lipinski definition) is 3. The number of aliphatic hydroxyl groups is 1. The summed E-state index contributed by atoms with van der Waals surface area (Å²) in [6.45, 7) is 2.57. The smallest absolute Gasteiger partial charge is 0.182 e. The Hall–Kier alpha value is -1.00. The van der Waals surface area contributed by atoms with Crippen LogP contribution in [0.5, 0.6) is 11.5 Å². The van der Waals surface area contributed by atoms with Gasteiger partial charge in [0.1, 0.15) is 10.8 Å². The van der Waals surface area contributed by atoms with Crippen molar-refractivity contribution in [3.8, 4) is 11.5 Å². The van der Waals surface area contributed by atoms with Gasteiger partial charge in [-0.15, -0.1) is 0 Å². The Bertz CT molecular complexity index is 421. The molecule has 0 saturated heterocycles. The number of aliphatic hydroxyl groups excluding tert-OH is 1. The summed E-state index contributed by atoms with van der Waals surface area (Å²) in [6, 6.07) is 1.55. The van der Waals surface area contributed by atoms with Gasteiger partial charge in [-0.3, -0.25) is 0 Å². The first-order chi connectivity index (χ1) is 8.09. The molecule has 3 nitrogen and oxygen atoms in total. The van der Waals surface area contributed by atoms with E-state index in [1.807, 2.05) is 0 Å². The van der Waals surface area contributed by atoms with Gasteiger partial charge in [-0.05, 0) is 18.6 Å². The summed E-state index contributed by atoms with van der Waals surface area (Å²) in [6.07, 6.45) is 0.297. The van der Waals surface area contributed by atoms with Crippen molar-refractivity contribution in [1.82, 2.24) is 0 Å². The van der Waals surface area contributed by atoms with Gasteiger partial charge in [0.2, 0.25) is 0 Å². The van der Waals surface area contributed by atoms with Gasteiger partial charge >= 0.3 is 0 Å². The predicted octanol–water partition coefficient (Wildman–Crippen LogP) is 2.56. The highest BCUT2D eigenvalue weighted by Gasteiger charge is 2.21. The lowest BCUT2D eigenvalue weighted by Gasteiger charge is -2.13. The zero-order chi connectivity index (χ0) is 12.4. The lowest BCUT2D eigenvalue weighted by atomic mass is 10.1. The minimum absolute atomic E-state index is 0.0694. The molecule has 0 amide bonds. The molecule has 0 aliphatic carbocycles. The minimum atomic E-state index is -0.634. The van der Waals surface area contributed by atoms with E-state index >= 15 is 0 Å². The van der Waals surface area contributed by atoms with Gasteiger partial charge in [0.15, 0.2) is 11.5 Å². The molecule has 1 N–H and O–H groups in total. The van der Waals surface area contributed by atoms with Gasteiger partial charge in [-0.1, -0.05) is 11.6 Å². The van der Waals surface area contributed by atoms with Crippen molar-refractivity contribution < 1.29 is 19.0 Å². The molecule has 94 valence electrons. The SMILES string of the molecule is CC(O)Cc1cc2c(c(Cl)c1F)OCCCO2. The normalized spacial score (nSPS) is 16.5. The first-order valence-corrected chi connectivity index (χ1v) is 5.92. The first-order valence-electron chi connectivity index (χ1n) is 5.54. The van der Waals surface area contributed by atoms with Crippen molar-refractivity contribution in [3.05, 3.63) is 22.5 Å². The van der Waals surface area contributed by atoms with Crippen LogP contribution in [0.4, 0.5) is 4.39 Å². The molecule has 1 aromatic carbocycles. The predicted molar refractivity (Wildman–Crippen MR) is 62.4 cm³/mol. The Morgan fingerprint density at radius 3 is 2.88 bits per heavy atom. The third-order valence-corrected chi connectivity index (χ3v) is 2.85. The zero-order valence-corrected chi connectivity index (χ0v) is 10.3. The molecule has 0 fully saturated rings. The topological polar surface area (TPSA) is 38.7 Å². The van der Waals surface area contributed by atoms with E-state index in [1.165, 1.54) is 0 Å². The molecule has 0 aromatic heterocycles. The molecule has 1 aromatic rings. The summed E-state index contributed by atoms with van der Waals surface area (Å²) in [4.78, 5) is 0. The van der Waals surface area contributed by atoms with E-state index in [1.54, 1.807) is 13.0 Å². The molecule has 1 aliphatic rings. The molecule has 1 unspecified atom stereocenters. The lowest BCUT2D eigenvalue weighted by Crippen LogP contribution is -2.07. The average molecular weight is 261 g/mol. The molecule has 1 heterocycles. The summed E-state index contributed by atoms with van der Waals surface area (Å²) in [5.74, 6) is 0.164. The fourth-order valence-corrected chi connectivity index (χ4v) is 2.03. The highest BCUT2D eigenvalue weighted by molar-refractivity contribution is 6.32. The number of benzene rings is 1. The van der Waals surface area contributed by atoms with E-state index in [9.17, 15) is 9.50 Å². The van der Waals surface area contributed by atoms with Crippen LogP contribution in [0, 0.1) is 5.82 Å². The highest BCUT2D eigenvalue weighted by Crippen LogP contribution is 2.40. The van der Waals surface area contributed by atoms with Crippen LogP contribution in [-0.4, -0.2) is 24.4 Å². The Morgan fingerprint density at radius 2 is 2.18 bits per heavy atom. The summed E-state index contributed by atoms with van der Waals surface area (Å²) >= 11 is 5.91. The van der Waals surface area contributed by atoms with Crippen molar-refractivity contribution in [2.45, 2.75) is 25.9 Å². The second-order valence-corrected chi connectivity index (χ2v) is 4.47. The zero-order valence-electron chi connectivity index (χ0n) is 9.50. The molecule has 0 spiro atoms. The summed E-state index contributed by atoms with van der Waals surface area (Å²) < 4.78 is 24.7. The largest absolute Gasteiger partial charge is 0.489 e. The van der Waals surface area contributed by atoms with Crippen LogP contribution in [0.15, 0.2) is 6.07 Å². The molecule has 2 rings (SSSR count). The van der Waals surface area contributed by atoms with Gasteiger partial charge in [-0.25, -0.2) is 4.39 Å². The summed E-state index contributed by atoms with van der Waals surface area (Å²) in [5, 5.41) is 9.23. The van der Waals surface area contributed by atoms with Gasteiger partial charge in [0.05, 0.1) is 19.3 Å². The molecule has 1 atom stereocenters.